The van der Waals surface area contributed by atoms with Crippen molar-refractivity contribution in [2.24, 2.45) is 5.73 Å². The van der Waals surface area contributed by atoms with Gasteiger partial charge in [0, 0.05) is 17.3 Å². The fraction of sp³-hybridized carbons (Fsp3) is 0.133. The Kier molecular flexibility index (Phi) is 4.28. The summed E-state index contributed by atoms with van der Waals surface area (Å²) in [5, 5.41) is 2.48. The van der Waals surface area contributed by atoms with E-state index in [1.807, 2.05) is 0 Å². The normalized spacial score (nSPS) is 12.0. The molecule has 0 radical (unpaired) electrons. The Morgan fingerprint density at radius 1 is 1.14 bits per heavy atom. The molecule has 3 nitrogen and oxygen atoms in total. The van der Waals surface area contributed by atoms with Crippen LogP contribution in [0.5, 0.6) is 0 Å². The van der Waals surface area contributed by atoms with Crippen LogP contribution in [0.25, 0.3) is 0 Å². The van der Waals surface area contributed by atoms with E-state index >= 15 is 0 Å². The standard InChI is InChI=1S/C15H13F3N2O/c1-8(19)9-3-2-4-11(5-9)20-15(21)10-6-12(16)14(18)13(17)7-10/h2-8H,19H2,1H3,(H,20,21). The molecule has 3 N–H and O–H groups in total. The maximum Gasteiger partial charge on any atom is 0.255 e. The van der Waals surface area contributed by atoms with E-state index < -0.39 is 23.4 Å². The summed E-state index contributed by atoms with van der Waals surface area (Å²) in [4.78, 5) is 11.9. The van der Waals surface area contributed by atoms with Gasteiger partial charge in [0.2, 0.25) is 0 Å². The van der Waals surface area contributed by atoms with Gasteiger partial charge < -0.3 is 11.1 Å². The lowest BCUT2D eigenvalue weighted by atomic mass is 10.1. The molecule has 0 bridgehead atoms. The van der Waals surface area contributed by atoms with Crippen molar-refractivity contribution in [3.63, 3.8) is 0 Å². The SMILES string of the molecule is CC(N)c1cccc(NC(=O)c2cc(F)c(F)c(F)c2)c1. The van der Waals surface area contributed by atoms with E-state index in [2.05, 4.69) is 5.32 Å². The first-order valence-corrected chi connectivity index (χ1v) is 6.20. The minimum atomic E-state index is -1.61. The summed E-state index contributed by atoms with van der Waals surface area (Å²) in [5.74, 6) is -5.17. The molecule has 0 aliphatic heterocycles. The molecule has 0 aliphatic rings. The highest BCUT2D eigenvalue weighted by molar-refractivity contribution is 6.04. The Morgan fingerprint density at radius 2 is 1.76 bits per heavy atom. The molecule has 2 aromatic rings. The van der Waals surface area contributed by atoms with Crippen LogP contribution in [0.3, 0.4) is 0 Å². The molecule has 0 saturated carbocycles. The predicted molar refractivity (Wildman–Crippen MR) is 73.3 cm³/mol. The quantitative estimate of drug-likeness (QED) is 0.853. The summed E-state index contributed by atoms with van der Waals surface area (Å²) in [6.45, 7) is 1.78. The zero-order valence-electron chi connectivity index (χ0n) is 11.2. The second-order valence-corrected chi connectivity index (χ2v) is 4.62. The molecule has 1 unspecified atom stereocenters. The Bertz CT molecular complexity index is 663. The van der Waals surface area contributed by atoms with Crippen LogP contribution in [0.4, 0.5) is 18.9 Å². The van der Waals surface area contributed by atoms with Crippen molar-refractivity contribution in [2.45, 2.75) is 13.0 Å². The fourth-order valence-corrected chi connectivity index (χ4v) is 1.79. The second-order valence-electron chi connectivity index (χ2n) is 4.62. The maximum atomic E-state index is 13.1. The highest BCUT2D eigenvalue weighted by atomic mass is 19.2. The van der Waals surface area contributed by atoms with Gasteiger partial charge in [-0.25, -0.2) is 13.2 Å². The lowest BCUT2D eigenvalue weighted by Gasteiger charge is -2.10. The van der Waals surface area contributed by atoms with Crippen LogP contribution in [0.2, 0.25) is 0 Å². The van der Waals surface area contributed by atoms with E-state index in [-0.39, 0.29) is 11.6 Å². The van der Waals surface area contributed by atoms with Crippen LogP contribution in [-0.4, -0.2) is 5.91 Å². The van der Waals surface area contributed by atoms with E-state index in [1.165, 1.54) is 0 Å². The van der Waals surface area contributed by atoms with Gasteiger partial charge in [0.05, 0.1) is 0 Å². The molecule has 0 spiro atoms. The van der Waals surface area contributed by atoms with Crippen LogP contribution in [0, 0.1) is 17.5 Å². The van der Waals surface area contributed by atoms with Gasteiger partial charge in [-0.15, -0.1) is 0 Å². The average Bonchev–Trinajstić information content (AvgIpc) is 2.44. The van der Waals surface area contributed by atoms with Gasteiger partial charge in [-0.1, -0.05) is 12.1 Å². The summed E-state index contributed by atoms with van der Waals surface area (Å²) < 4.78 is 39.0. The predicted octanol–water partition coefficient (Wildman–Crippen LogP) is 3.38. The first kappa shape index (κ1) is 15.1. The molecule has 110 valence electrons. The average molecular weight is 294 g/mol. The van der Waals surface area contributed by atoms with E-state index in [1.54, 1.807) is 31.2 Å². The van der Waals surface area contributed by atoms with Gasteiger partial charge in [-0.05, 0) is 36.8 Å². The van der Waals surface area contributed by atoms with Crippen molar-refractivity contribution >= 4 is 11.6 Å². The highest BCUT2D eigenvalue weighted by Crippen LogP contribution is 2.18. The summed E-state index contributed by atoms with van der Waals surface area (Å²) >= 11 is 0. The van der Waals surface area contributed by atoms with Crippen LogP contribution >= 0.6 is 0 Å². The lowest BCUT2D eigenvalue weighted by molar-refractivity contribution is 0.102. The van der Waals surface area contributed by atoms with E-state index in [9.17, 15) is 18.0 Å². The number of hydrogen-bond donors (Lipinski definition) is 2. The fourth-order valence-electron chi connectivity index (χ4n) is 1.79. The molecule has 21 heavy (non-hydrogen) atoms. The maximum absolute atomic E-state index is 13.1. The Balaban J connectivity index is 2.24. The number of nitrogens with one attached hydrogen (secondary N) is 1. The molecule has 2 rings (SSSR count). The molecular weight excluding hydrogens is 281 g/mol. The number of amides is 1. The number of anilines is 1. The smallest absolute Gasteiger partial charge is 0.255 e. The van der Waals surface area contributed by atoms with Crippen molar-refractivity contribution in [3.8, 4) is 0 Å². The molecule has 0 aliphatic carbocycles. The van der Waals surface area contributed by atoms with Crippen LogP contribution in [-0.2, 0) is 0 Å². The summed E-state index contributed by atoms with van der Waals surface area (Å²) in [7, 11) is 0. The zero-order chi connectivity index (χ0) is 15.6. The number of benzene rings is 2. The number of halogens is 3. The number of nitrogens with two attached hydrogens (primary N) is 1. The molecule has 2 aromatic carbocycles. The van der Waals surface area contributed by atoms with Crippen molar-refractivity contribution in [1.82, 2.24) is 0 Å². The monoisotopic (exact) mass is 294 g/mol. The first-order valence-electron chi connectivity index (χ1n) is 6.20. The molecular formula is C15H13F3N2O. The van der Waals surface area contributed by atoms with E-state index in [0.29, 0.717) is 17.8 Å². The molecule has 6 heteroatoms. The third-order valence-electron chi connectivity index (χ3n) is 2.92. The van der Waals surface area contributed by atoms with Gasteiger partial charge >= 0.3 is 0 Å². The van der Waals surface area contributed by atoms with Crippen LogP contribution in [0.15, 0.2) is 36.4 Å². The van der Waals surface area contributed by atoms with Gasteiger partial charge in [-0.3, -0.25) is 4.79 Å². The Morgan fingerprint density at radius 3 is 2.33 bits per heavy atom. The summed E-state index contributed by atoms with van der Waals surface area (Å²) in [6, 6.07) is 7.81. The van der Waals surface area contributed by atoms with Crippen LogP contribution in [0.1, 0.15) is 28.9 Å². The van der Waals surface area contributed by atoms with Crippen molar-refractivity contribution < 1.29 is 18.0 Å². The minimum Gasteiger partial charge on any atom is -0.324 e. The van der Waals surface area contributed by atoms with Crippen molar-refractivity contribution in [3.05, 3.63) is 65.0 Å². The van der Waals surface area contributed by atoms with E-state index in [4.69, 9.17) is 5.73 Å². The first-order chi connectivity index (χ1) is 9.88. The van der Waals surface area contributed by atoms with E-state index in [0.717, 1.165) is 5.56 Å². The Labute approximate surface area is 119 Å². The highest BCUT2D eigenvalue weighted by Gasteiger charge is 2.15. The van der Waals surface area contributed by atoms with Gasteiger partial charge in [0.15, 0.2) is 17.5 Å². The van der Waals surface area contributed by atoms with Crippen molar-refractivity contribution in [1.29, 1.82) is 0 Å². The number of carbonyl (C=O) groups excluding carboxylic acids is 1. The summed E-state index contributed by atoms with van der Waals surface area (Å²) in [6.07, 6.45) is 0. The Hall–Kier alpha value is -2.34. The minimum absolute atomic E-state index is 0.220. The lowest BCUT2D eigenvalue weighted by Crippen LogP contribution is -2.14. The third kappa shape index (κ3) is 3.41. The topological polar surface area (TPSA) is 55.1 Å². The molecule has 0 aromatic heterocycles. The molecule has 0 fully saturated rings. The molecule has 0 heterocycles. The van der Waals surface area contributed by atoms with Gasteiger partial charge in [0.25, 0.3) is 5.91 Å². The number of hydrogen-bond acceptors (Lipinski definition) is 2. The molecule has 1 amide bonds. The largest absolute Gasteiger partial charge is 0.324 e. The van der Waals surface area contributed by atoms with Crippen molar-refractivity contribution in [2.75, 3.05) is 5.32 Å². The second kappa shape index (κ2) is 5.97. The number of carbonyl (C=O) groups is 1. The summed E-state index contributed by atoms with van der Waals surface area (Å²) in [5.41, 5.74) is 6.65. The third-order valence-corrected chi connectivity index (χ3v) is 2.92. The number of rotatable bonds is 3. The molecule has 1 atom stereocenters. The molecule has 0 saturated heterocycles. The van der Waals surface area contributed by atoms with Gasteiger partial charge in [-0.2, -0.15) is 0 Å². The zero-order valence-corrected chi connectivity index (χ0v) is 11.2. The van der Waals surface area contributed by atoms with Gasteiger partial charge in [0.1, 0.15) is 0 Å². The van der Waals surface area contributed by atoms with Crippen LogP contribution < -0.4 is 11.1 Å².